The summed E-state index contributed by atoms with van der Waals surface area (Å²) in [5.74, 6) is 0.904. The Morgan fingerprint density at radius 3 is 2.39 bits per heavy atom. The third kappa shape index (κ3) is 4.27. The van der Waals surface area contributed by atoms with Crippen LogP contribution < -0.4 is 10.1 Å². The van der Waals surface area contributed by atoms with Gasteiger partial charge in [-0.05, 0) is 52.0 Å². The number of hydrogen-bond donors (Lipinski definition) is 2. The van der Waals surface area contributed by atoms with Gasteiger partial charge in [-0.2, -0.15) is 0 Å². The van der Waals surface area contributed by atoms with Crippen LogP contribution in [0, 0.1) is 0 Å². The highest BCUT2D eigenvalue weighted by molar-refractivity contribution is 5.85. The minimum Gasteiger partial charge on any atom is -0.508 e. The molecule has 126 valence electrons. The molecule has 0 saturated carbocycles. The zero-order chi connectivity index (χ0) is 16.0. The first-order chi connectivity index (χ1) is 10.2. The normalized spacial score (nSPS) is 20.0. The van der Waals surface area contributed by atoms with Crippen molar-refractivity contribution in [2.45, 2.75) is 57.7 Å². The van der Waals surface area contributed by atoms with Gasteiger partial charge in [0.2, 0.25) is 5.88 Å². The molecule has 1 fully saturated rings. The zero-order valence-corrected chi connectivity index (χ0v) is 14.9. The smallest absolute Gasteiger partial charge is 0.214 e. The standard InChI is InChI=1S/C18H24N2O2.ClH/c1-17(2)10-14(11-18(3,4)20-17)22-16-8-5-12-9-13(21)6-7-15(12)19-16;/h5-9,14,20-21H,10-11H2,1-4H3;1H. The molecule has 0 bridgehead atoms. The van der Waals surface area contributed by atoms with Crippen molar-refractivity contribution < 1.29 is 9.84 Å². The third-order valence-corrected chi connectivity index (χ3v) is 4.09. The van der Waals surface area contributed by atoms with Crippen LogP contribution in [-0.2, 0) is 0 Å². The molecule has 0 spiro atoms. The summed E-state index contributed by atoms with van der Waals surface area (Å²) in [6.45, 7) is 8.84. The predicted molar refractivity (Wildman–Crippen MR) is 95.6 cm³/mol. The molecule has 1 aromatic heterocycles. The molecular formula is C18H25ClN2O2. The topological polar surface area (TPSA) is 54.4 Å². The lowest BCUT2D eigenvalue weighted by atomic mass is 9.81. The van der Waals surface area contributed by atoms with Gasteiger partial charge in [-0.25, -0.2) is 4.98 Å². The van der Waals surface area contributed by atoms with Crippen molar-refractivity contribution in [2.24, 2.45) is 0 Å². The van der Waals surface area contributed by atoms with Gasteiger partial charge in [-0.15, -0.1) is 12.4 Å². The van der Waals surface area contributed by atoms with E-state index in [1.807, 2.05) is 18.2 Å². The Morgan fingerprint density at radius 2 is 1.74 bits per heavy atom. The molecule has 2 heterocycles. The minimum absolute atomic E-state index is 0. The van der Waals surface area contributed by atoms with Gasteiger partial charge in [0.25, 0.3) is 0 Å². The van der Waals surface area contributed by atoms with E-state index in [0.29, 0.717) is 5.88 Å². The molecule has 2 N–H and O–H groups in total. The van der Waals surface area contributed by atoms with Gasteiger partial charge < -0.3 is 15.2 Å². The van der Waals surface area contributed by atoms with E-state index < -0.39 is 0 Å². The molecule has 4 nitrogen and oxygen atoms in total. The number of ether oxygens (including phenoxy) is 1. The van der Waals surface area contributed by atoms with E-state index >= 15 is 0 Å². The fraction of sp³-hybridized carbons (Fsp3) is 0.500. The Kier molecular flexibility index (Phi) is 4.79. The van der Waals surface area contributed by atoms with Crippen LogP contribution in [0.4, 0.5) is 0 Å². The molecule has 1 aliphatic rings. The van der Waals surface area contributed by atoms with Gasteiger partial charge in [0, 0.05) is 35.4 Å². The molecule has 1 aromatic carbocycles. The Labute approximate surface area is 143 Å². The van der Waals surface area contributed by atoms with Crippen LogP contribution in [0.25, 0.3) is 10.9 Å². The number of rotatable bonds is 2. The molecule has 0 atom stereocenters. The maximum Gasteiger partial charge on any atom is 0.214 e. The molecular weight excluding hydrogens is 312 g/mol. The first kappa shape index (κ1) is 17.8. The highest BCUT2D eigenvalue weighted by Crippen LogP contribution is 2.31. The Morgan fingerprint density at radius 1 is 1.09 bits per heavy atom. The fourth-order valence-electron chi connectivity index (χ4n) is 3.64. The van der Waals surface area contributed by atoms with E-state index in [1.54, 1.807) is 12.1 Å². The minimum atomic E-state index is 0. The van der Waals surface area contributed by atoms with Gasteiger partial charge in [0.1, 0.15) is 11.9 Å². The van der Waals surface area contributed by atoms with E-state index in [1.165, 1.54) is 0 Å². The van der Waals surface area contributed by atoms with Crippen molar-refractivity contribution in [1.29, 1.82) is 0 Å². The first-order valence-corrected chi connectivity index (χ1v) is 7.78. The summed E-state index contributed by atoms with van der Waals surface area (Å²) < 4.78 is 6.15. The van der Waals surface area contributed by atoms with Crippen LogP contribution in [0.15, 0.2) is 30.3 Å². The van der Waals surface area contributed by atoms with E-state index in [-0.39, 0.29) is 35.3 Å². The summed E-state index contributed by atoms with van der Waals surface area (Å²) in [6.07, 6.45) is 2.05. The van der Waals surface area contributed by atoms with Crippen LogP contribution in [0.2, 0.25) is 0 Å². The van der Waals surface area contributed by atoms with Gasteiger partial charge in [-0.1, -0.05) is 0 Å². The number of phenolic OH excluding ortho intramolecular Hbond substituents is 1. The third-order valence-electron chi connectivity index (χ3n) is 4.09. The van der Waals surface area contributed by atoms with Crippen molar-refractivity contribution in [2.75, 3.05) is 0 Å². The second kappa shape index (κ2) is 6.17. The Balaban J connectivity index is 0.00000192. The summed E-state index contributed by atoms with van der Waals surface area (Å²) in [4.78, 5) is 4.55. The molecule has 3 rings (SSSR count). The van der Waals surface area contributed by atoms with Gasteiger partial charge in [0.05, 0.1) is 5.52 Å². The second-order valence-electron chi connectivity index (χ2n) is 7.57. The van der Waals surface area contributed by atoms with Crippen LogP contribution in [-0.4, -0.2) is 27.3 Å². The molecule has 2 aromatic rings. The number of nitrogens with one attached hydrogen (secondary N) is 1. The number of benzene rings is 1. The quantitative estimate of drug-likeness (QED) is 0.868. The van der Waals surface area contributed by atoms with Crippen LogP contribution >= 0.6 is 12.4 Å². The number of hydrogen-bond acceptors (Lipinski definition) is 4. The number of nitrogens with zero attached hydrogens (tertiary/aromatic N) is 1. The van der Waals surface area contributed by atoms with Crippen molar-refractivity contribution >= 4 is 23.3 Å². The number of pyridine rings is 1. The molecule has 0 radical (unpaired) electrons. The number of aromatic nitrogens is 1. The summed E-state index contributed by atoms with van der Waals surface area (Å²) in [7, 11) is 0. The molecule has 0 amide bonds. The second-order valence-corrected chi connectivity index (χ2v) is 7.57. The summed E-state index contributed by atoms with van der Waals surface area (Å²) in [6, 6.07) is 8.99. The van der Waals surface area contributed by atoms with Crippen LogP contribution in [0.5, 0.6) is 11.6 Å². The lowest BCUT2D eigenvalue weighted by molar-refractivity contribution is 0.0532. The lowest BCUT2D eigenvalue weighted by Gasteiger charge is -2.46. The number of phenols is 1. The number of fused-ring (bicyclic) bond motifs is 1. The van der Waals surface area contributed by atoms with E-state index in [0.717, 1.165) is 23.7 Å². The van der Waals surface area contributed by atoms with E-state index in [2.05, 4.69) is 38.0 Å². The monoisotopic (exact) mass is 336 g/mol. The van der Waals surface area contributed by atoms with Crippen molar-refractivity contribution in [3.8, 4) is 11.6 Å². The molecule has 5 heteroatoms. The van der Waals surface area contributed by atoms with Crippen LogP contribution in [0.3, 0.4) is 0 Å². The highest BCUT2D eigenvalue weighted by Gasteiger charge is 2.38. The van der Waals surface area contributed by atoms with Crippen molar-refractivity contribution in [1.82, 2.24) is 10.3 Å². The number of aromatic hydroxyl groups is 1. The zero-order valence-electron chi connectivity index (χ0n) is 14.1. The molecule has 1 aliphatic heterocycles. The summed E-state index contributed by atoms with van der Waals surface area (Å²) in [5, 5.41) is 14.1. The van der Waals surface area contributed by atoms with Gasteiger partial charge >= 0.3 is 0 Å². The van der Waals surface area contributed by atoms with Crippen molar-refractivity contribution in [3.05, 3.63) is 30.3 Å². The molecule has 0 unspecified atom stereocenters. The van der Waals surface area contributed by atoms with Gasteiger partial charge in [-0.3, -0.25) is 0 Å². The van der Waals surface area contributed by atoms with E-state index in [9.17, 15) is 5.11 Å². The molecule has 0 aliphatic carbocycles. The van der Waals surface area contributed by atoms with Gasteiger partial charge in [0.15, 0.2) is 0 Å². The fourth-order valence-corrected chi connectivity index (χ4v) is 3.64. The predicted octanol–water partition coefficient (Wildman–Crippen LogP) is 4.05. The van der Waals surface area contributed by atoms with Crippen LogP contribution in [0.1, 0.15) is 40.5 Å². The summed E-state index contributed by atoms with van der Waals surface area (Å²) in [5.41, 5.74) is 0.937. The summed E-state index contributed by atoms with van der Waals surface area (Å²) >= 11 is 0. The molecule has 1 saturated heterocycles. The number of piperidine rings is 1. The molecule has 23 heavy (non-hydrogen) atoms. The SMILES string of the molecule is CC1(C)CC(Oc2ccc3cc(O)ccc3n2)CC(C)(C)N1.Cl. The largest absolute Gasteiger partial charge is 0.508 e. The Bertz CT molecular complexity index is 684. The first-order valence-electron chi connectivity index (χ1n) is 7.78. The average Bonchev–Trinajstić information content (AvgIpc) is 2.35. The maximum absolute atomic E-state index is 9.51. The van der Waals surface area contributed by atoms with E-state index in [4.69, 9.17) is 4.74 Å². The maximum atomic E-state index is 9.51. The highest BCUT2D eigenvalue weighted by atomic mass is 35.5. The lowest BCUT2D eigenvalue weighted by Crippen LogP contribution is -2.60. The average molecular weight is 337 g/mol. The van der Waals surface area contributed by atoms with Crippen molar-refractivity contribution in [3.63, 3.8) is 0 Å². The number of halogens is 1. The Hall–Kier alpha value is -1.52.